The number of methoxy groups -OCH3 is 2. The molecule has 0 radical (unpaired) electrons. The van der Waals surface area contributed by atoms with Gasteiger partial charge in [0.15, 0.2) is 17.5 Å². The second kappa shape index (κ2) is 33.6. The summed E-state index contributed by atoms with van der Waals surface area (Å²) in [7, 11) is 5.09. The fourth-order valence-corrected chi connectivity index (χ4v) is 11.5. The van der Waals surface area contributed by atoms with Crippen LogP contribution in [0.2, 0.25) is 0 Å². The van der Waals surface area contributed by atoms with E-state index in [2.05, 4.69) is 63.0 Å². The molecule has 1 aliphatic heterocycles. The highest BCUT2D eigenvalue weighted by molar-refractivity contribution is 5.91. The Hall–Kier alpha value is -5.00. The number of rotatable bonds is 36. The number of nitrogens with zero attached hydrogens (tertiary/aromatic N) is 3. The molecule has 3 rings (SSSR count). The Bertz CT molecular complexity index is 2160. The first-order valence-corrected chi connectivity index (χ1v) is 29.4. The third kappa shape index (κ3) is 20.0. The van der Waals surface area contributed by atoms with Crippen molar-refractivity contribution in [2.45, 2.75) is 215 Å². The summed E-state index contributed by atoms with van der Waals surface area (Å²) in [5.74, 6) is -1.61. The minimum Gasteiger partial charge on any atom is -0.494 e. The maximum atomic E-state index is 14.3. The first kappa shape index (κ1) is 67.3. The number of aromatic nitrogens is 1. The summed E-state index contributed by atoms with van der Waals surface area (Å²) in [4.78, 5) is 84.9. The number of amides is 5. The lowest BCUT2D eigenvalue weighted by molar-refractivity contribution is -0.143. The summed E-state index contributed by atoms with van der Waals surface area (Å²) >= 11 is 0. The Kier molecular flexibility index (Phi) is 28.9. The molecular weight excluding hydrogens is 991 g/mol. The van der Waals surface area contributed by atoms with E-state index in [4.69, 9.17) is 9.47 Å². The smallest absolute Gasteiger partial charge is 0.238 e. The van der Waals surface area contributed by atoms with Gasteiger partial charge in [-0.25, -0.2) is 0 Å². The molecule has 2 heterocycles. The predicted molar refractivity (Wildman–Crippen MR) is 307 cm³/mol. The average Bonchev–Trinajstić information content (AvgIpc) is 4.04. The lowest BCUT2D eigenvalue weighted by Gasteiger charge is -2.36. The van der Waals surface area contributed by atoms with Crippen LogP contribution in [0, 0.1) is 35.5 Å². The SMILES string of the molecule is CCC(C)C(CC(C)CC(=O)C(NC(=O)C(C(C)C)N(C)CCCC(=O)NNC(=O)CCCCCn1c(O)cc(C(C)(CC)CC)c1O)C(C)C)C(CC(=O)N1CCCC1C(OC)C(C)C(=O)NCCc1ccccc1)OC. The Morgan fingerprint density at radius 2 is 1.46 bits per heavy atom. The van der Waals surface area contributed by atoms with Gasteiger partial charge in [-0.1, -0.05) is 119 Å². The zero-order valence-corrected chi connectivity index (χ0v) is 50.3. The number of hydrazine groups is 1. The van der Waals surface area contributed by atoms with Crippen molar-refractivity contribution < 1.29 is 48.5 Å². The molecule has 1 aliphatic rings. The quantitative estimate of drug-likeness (QED) is 0.0280. The number of ether oxygens (including phenoxy) is 2. The van der Waals surface area contributed by atoms with Crippen molar-refractivity contribution in [1.29, 1.82) is 0 Å². The highest BCUT2D eigenvalue weighted by Gasteiger charge is 2.42. The summed E-state index contributed by atoms with van der Waals surface area (Å²) in [6, 6.07) is 10.1. The minimum atomic E-state index is -0.711. The molecule has 5 amide bonds. The molecule has 17 nitrogen and oxygen atoms in total. The van der Waals surface area contributed by atoms with Crippen molar-refractivity contribution in [3.05, 3.63) is 47.5 Å². The van der Waals surface area contributed by atoms with Gasteiger partial charge in [-0.05, 0) is 112 Å². The number of unbranched alkanes of at least 4 members (excludes halogenated alkanes) is 2. The van der Waals surface area contributed by atoms with Gasteiger partial charge in [0, 0.05) is 64.7 Å². The number of carbonyl (C=O) groups is 6. The Morgan fingerprint density at radius 3 is 2.04 bits per heavy atom. The molecule has 442 valence electrons. The van der Waals surface area contributed by atoms with E-state index in [0.29, 0.717) is 58.3 Å². The molecule has 0 aliphatic carbocycles. The number of aromatic hydroxyl groups is 2. The molecule has 17 heteroatoms. The van der Waals surface area contributed by atoms with Gasteiger partial charge < -0.3 is 35.2 Å². The Balaban J connectivity index is 1.50. The molecule has 9 unspecified atom stereocenters. The highest BCUT2D eigenvalue weighted by atomic mass is 16.5. The van der Waals surface area contributed by atoms with Gasteiger partial charge in [0.1, 0.15) is 0 Å². The number of likely N-dealkylation sites (tertiary alicyclic amines) is 1. The van der Waals surface area contributed by atoms with Crippen LogP contribution >= 0.6 is 0 Å². The Morgan fingerprint density at radius 1 is 0.821 bits per heavy atom. The van der Waals surface area contributed by atoms with Crippen LogP contribution in [0.5, 0.6) is 11.8 Å². The van der Waals surface area contributed by atoms with E-state index in [1.807, 2.05) is 81.8 Å². The van der Waals surface area contributed by atoms with Gasteiger partial charge in [-0.2, -0.15) is 0 Å². The van der Waals surface area contributed by atoms with Crippen LogP contribution in [0.25, 0.3) is 0 Å². The number of hydrogen-bond acceptors (Lipinski definition) is 11. The van der Waals surface area contributed by atoms with Gasteiger partial charge in [0.25, 0.3) is 0 Å². The number of Topliss-reactive ketones (excluding diaryl/α,β-unsaturated/α-hetero) is 1. The van der Waals surface area contributed by atoms with Crippen LogP contribution in [0.3, 0.4) is 0 Å². The van der Waals surface area contributed by atoms with Crippen LogP contribution in [0.1, 0.15) is 177 Å². The molecular formula is C61H103N7O10. The third-order valence-electron chi connectivity index (χ3n) is 17.0. The molecule has 0 saturated carbocycles. The fourth-order valence-electron chi connectivity index (χ4n) is 11.5. The Labute approximate surface area is 468 Å². The number of benzene rings is 1. The van der Waals surface area contributed by atoms with Crippen molar-refractivity contribution in [3.8, 4) is 11.8 Å². The standard InChI is InChI=1S/C61H103N7O10/c1-15-43(9)46(50(77-13)39-54(73)67-35-24-28-48(67)57(78-14)44(10)58(74)62-32-31-45-26-20-18-21-27-45)36-42(8)37-49(69)55(40(4)5)63-59(75)56(41(6)7)66(12)33-25-30-52(71)65-64-51(70)29-22-19-23-34-68-53(72)38-47(60(68)76)61(11,16-2)17-3/h18,20-21,26-27,38,40-44,46,48,50,55-57,72,76H,15-17,19,22-25,28-37,39H2,1-14H3,(H,62,74)(H,63,75)(H,64,70)(H,65,71). The number of hydrogen-bond donors (Lipinski definition) is 6. The molecule has 78 heavy (non-hydrogen) atoms. The van der Waals surface area contributed by atoms with Crippen LogP contribution in [-0.2, 0) is 56.6 Å². The number of nitrogens with one attached hydrogen (secondary N) is 4. The normalized spacial score (nSPS) is 17.0. The van der Waals surface area contributed by atoms with Crippen molar-refractivity contribution in [1.82, 2.24) is 35.9 Å². The molecule has 1 saturated heterocycles. The average molecular weight is 1090 g/mol. The van der Waals surface area contributed by atoms with E-state index >= 15 is 0 Å². The summed E-state index contributed by atoms with van der Waals surface area (Å²) in [5, 5.41) is 27.5. The summed E-state index contributed by atoms with van der Waals surface area (Å²) in [5.41, 5.74) is 6.64. The van der Waals surface area contributed by atoms with E-state index in [-0.39, 0.29) is 114 Å². The largest absolute Gasteiger partial charge is 0.494 e. The minimum absolute atomic E-state index is 0.0204. The van der Waals surface area contributed by atoms with Gasteiger partial charge in [0.2, 0.25) is 29.5 Å². The first-order valence-electron chi connectivity index (χ1n) is 29.4. The van der Waals surface area contributed by atoms with Gasteiger partial charge >= 0.3 is 0 Å². The van der Waals surface area contributed by atoms with Gasteiger partial charge in [-0.3, -0.25) is 49.1 Å². The van der Waals surface area contributed by atoms with Crippen LogP contribution in [0.15, 0.2) is 36.4 Å². The third-order valence-corrected chi connectivity index (χ3v) is 17.0. The predicted octanol–water partition coefficient (Wildman–Crippen LogP) is 8.62. The topological polar surface area (TPSA) is 221 Å². The monoisotopic (exact) mass is 1090 g/mol. The molecule has 1 fully saturated rings. The lowest BCUT2D eigenvalue weighted by Crippen LogP contribution is -2.54. The summed E-state index contributed by atoms with van der Waals surface area (Å²) < 4.78 is 13.6. The van der Waals surface area contributed by atoms with Crippen LogP contribution in [-0.4, -0.2) is 131 Å². The maximum Gasteiger partial charge on any atom is 0.238 e. The van der Waals surface area contributed by atoms with E-state index in [0.717, 1.165) is 49.7 Å². The first-order chi connectivity index (χ1) is 37.0. The molecule has 0 spiro atoms. The van der Waals surface area contributed by atoms with Gasteiger partial charge in [0.05, 0.1) is 42.7 Å². The van der Waals surface area contributed by atoms with Crippen LogP contribution in [0.4, 0.5) is 0 Å². The number of ketones is 1. The summed E-state index contributed by atoms with van der Waals surface area (Å²) in [6.45, 7) is 24.1. The molecule has 9 atom stereocenters. The van der Waals surface area contributed by atoms with E-state index in [1.54, 1.807) is 20.3 Å². The summed E-state index contributed by atoms with van der Waals surface area (Å²) in [6.07, 6.45) is 7.67. The maximum absolute atomic E-state index is 14.3. The lowest BCUT2D eigenvalue weighted by atomic mass is 9.77. The van der Waals surface area contributed by atoms with Crippen LogP contribution < -0.4 is 21.5 Å². The molecule has 2 aromatic rings. The zero-order chi connectivity index (χ0) is 58.3. The fraction of sp³-hybridized carbons (Fsp3) is 0.738. The van der Waals surface area contributed by atoms with Gasteiger partial charge in [-0.15, -0.1) is 0 Å². The second-order valence-corrected chi connectivity index (χ2v) is 23.4. The highest BCUT2D eigenvalue weighted by Crippen LogP contribution is 2.41. The molecule has 1 aromatic carbocycles. The molecule has 0 bridgehead atoms. The van der Waals surface area contributed by atoms with Crippen molar-refractivity contribution in [3.63, 3.8) is 0 Å². The van der Waals surface area contributed by atoms with Crippen molar-refractivity contribution >= 4 is 35.3 Å². The number of likely N-dealkylation sites (N-methyl/N-ethyl adjacent to an activating group) is 1. The zero-order valence-electron chi connectivity index (χ0n) is 50.3. The number of carbonyl (C=O) groups excluding carboxylic acids is 6. The van der Waals surface area contributed by atoms with E-state index < -0.39 is 30.2 Å². The van der Waals surface area contributed by atoms with Crippen molar-refractivity contribution in [2.24, 2.45) is 35.5 Å². The van der Waals surface area contributed by atoms with E-state index in [1.165, 1.54) is 4.57 Å². The van der Waals surface area contributed by atoms with Crippen molar-refractivity contribution in [2.75, 3.05) is 40.9 Å². The van der Waals surface area contributed by atoms with E-state index in [9.17, 15) is 39.0 Å². The second-order valence-electron chi connectivity index (χ2n) is 23.4. The molecule has 1 aromatic heterocycles. The molecule has 6 N–H and O–H groups in total.